The largest absolute Gasteiger partial charge is 0.481 e. The lowest BCUT2D eigenvalue weighted by molar-refractivity contribution is -0.138. The van der Waals surface area contributed by atoms with Gasteiger partial charge in [0, 0.05) is 12.2 Å². The maximum absolute atomic E-state index is 12.7. The lowest BCUT2D eigenvalue weighted by Gasteiger charge is -2.07. The smallest absolute Gasteiger partial charge is 0.312 e. The molecule has 1 N–H and O–H groups in total. The van der Waals surface area contributed by atoms with E-state index in [1.807, 2.05) is 17.6 Å². The van der Waals surface area contributed by atoms with Crippen LogP contribution in [0.3, 0.4) is 0 Å². The molecule has 3 rings (SSSR count). The first kappa shape index (κ1) is 13.7. The molecule has 1 atom stereocenters. The molecule has 0 saturated heterocycles. The number of carbonyl (C=O) groups excluding carboxylic acids is 1. The Bertz CT molecular complexity index is 681. The van der Waals surface area contributed by atoms with Gasteiger partial charge in [0.2, 0.25) is 5.78 Å². The zero-order valence-corrected chi connectivity index (χ0v) is 11.8. The van der Waals surface area contributed by atoms with Gasteiger partial charge in [-0.05, 0) is 30.5 Å². The van der Waals surface area contributed by atoms with E-state index < -0.39 is 11.9 Å². The van der Waals surface area contributed by atoms with Gasteiger partial charge in [0.1, 0.15) is 6.26 Å². The Balaban J connectivity index is 2.09. The van der Waals surface area contributed by atoms with Crippen molar-refractivity contribution in [2.45, 2.75) is 38.6 Å². The van der Waals surface area contributed by atoms with Gasteiger partial charge in [-0.1, -0.05) is 13.3 Å². The van der Waals surface area contributed by atoms with Crippen LogP contribution in [-0.2, 0) is 17.8 Å². The number of nitrogens with zero attached hydrogens (tertiary/aromatic N) is 1. The molecule has 2 aromatic rings. The van der Waals surface area contributed by atoms with Crippen LogP contribution in [0.25, 0.3) is 0 Å². The molecule has 5 nitrogen and oxygen atoms in total. The number of fused-ring (bicyclic) bond motifs is 1. The zero-order chi connectivity index (χ0) is 15.0. The normalized spacial score (nSPS) is 16.9. The molecule has 0 aromatic carbocycles. The van der Waals surface area contributed by atoms with Crippen molar-refractivity contribution in [3.05, 3.63) is 47.2 Å². The van der Waals surface area contributed by atoms with Gasteiger partial charge in [-0.15, -0.1) is 0 Å². The first-order chi connectivity index (χ1) is 10.1. The van der Waals surface area contributed by atoms with Crippen molar-refractivity contribution in [1.82, 2.24) is 4.57 Å². The molecule has 0 fully saturated rings. The second-order valence-electron chi connectivity index (χ2n) is 5.37. The average molecular weight is 287 g/mol. The Morgan fingerprint density at radius 1 is 1.48 bits per heavy atom. The highest BCUT2D eigenvalue weighted by atomic mass is 16.4. The zero-order valence-electron chi connectivity index (χ0n) is 11.8. The second-order valence-corrected chi connectivity index (χ2v) is 5.37. The number of aromatic nitrogens is 1. The van der Waals surface area contributed by atoms with Gasteiger partial charge >= 0.3 is 5.97 Å². The van der Waals surface area contributed by atoms with Gasteiger partial charge < -0.3 is 14.1 Å². The summed E-state index contributed by atoms with van der Waals surface area (Å²) in [5.41, 5.74) is 2.81. The van der Waals surface area contributed by atoms with Crippen LogP contribution in [0.2, 0.25) is 0 Å². The number of carbonyl (C=O) groups is 2. The SMILES string of the molecule is CCCc1cc2n(c1C(=O)c1ccoc1)CCC2C(=O)O. The summed E-state index contributed by atoms with van der Waals surface area (Å²) in [6.45, 7) is 2.62. The van der Waals surface area contributed by atoms with Crippen LogP contribution in [0, 0.1) is 0 Å². The molecule has 1 aliphatic rings. The van der Waals surface area contributed by atoms with Crippen LogP contribution >= 0.6 is 0 Å². The number of ketones is 1. The van der Waals surface area contributed by atoms with Crippen molar-refractivity contribution >= 4 is 11.8 Å². The fraction of sp³-hybridized carbons (Fsp3) is 0.375. The van der Waals surface area contributed by atoms with Gasteiger partial charge in [-0.2, -0.15) is 0 Å². The van der Waals surface area contributed by atoms with Gasteiger partial charge in [-0.25, -0.2) is 0 Å². The van der Waals surface area contributed by atoms with E-state index in [1.54, 1.807) is 6.07 Å². The molecular weight excluding hydrogens is 270 g/mol. The number of aliphatic carboxylic acids is 1. The number of aryl methyl sites for hydroxylation is 1. The molecule has 2 aromatic heterocycles. The van der Waals surface area contributed by atoms with E-state index in [9.17, 15) is 14.7 Å². The summed E-state index contributed by atoms with van der Waals surface area (Å²) < 4.78 is 6.86. The van der Waals surface area contributed by atoms with Gasteiger partial charge in [0.15, 0.2) is 0 Å². The van der Waals surface area contributed by atoms with Crippen molar-refractivity contribution in [1.29, 1.82) is 0 Å². The third-order valence-corrected chi connectivity index (χ3v) is 4.02. The van der Waals surface area contributed by atoms with E-state index in [2.05, 4.69) is 0 Å². The quantitative estimate of drug-likeness (QED) is 0.858. The summed E-state index contributed by atoms with van der Waals surface area (Å²) in [6.07, 6.45) is 5.13. The fourth-order valence-electron chi connectivity index (χ4n) is 3.07. The van der Waals surface area contributed by atoms with Gasteiger partial charge in [0.25, 0.3) is 0 Å². The Kier molecular flexibility index (Phi) is 3.41. The van der Waals surface area contributed by atoms with Crippen LogP contribution in [0.4, 0.5) is 0 Å². The first-order valence-corrected chi connectivity index (χ1v) is 7.15. The van der Waals surface area contributed by atoms with Crippen LogP contribution in [0.15, 0.2) is 29.1 Å². The summed E-state index contributed by atoms with van der Waals surface area (Å²) in [6, 6.07) is 3.53. The maximum Gasteiger partial charge on any atom is 0.312 e. The molecule has 110 valence electrons. The third kappa shape index (κ3) is 2.18. The average Bonchev–Trinajstić information content (AvgIpc) is 3.13. The van der Waals surface area contributed by atoms with E-state index in [1.165, 1.54) is 12.5 Å². The number of hydrogen-bond donors (Lipinski definition) is 1. The van der Waals surface area contributed by atoms with Crippen molar-refractivity contribution < 1.29 is 19.1 Å². The first-order valence-electron chi connectivity index (χ1n) is 7.15. The lowest BCUT2D eigenvalue weighted by atomic mass is 10.0. The number of hydrogen-bond acceptors (Lipinski definition) is 3. The molecule has 21 heavy (non-hydrogen) atoms. The van der Waals surface area contributed by atoms with E-state index in [0.717, 1.165) is 24.1 Å². The molecule has 3 heterocycles. The molecule has 1 aliphatic heterocycles. The minimum Gasteiger partial charge on any atom is -0.481 e. The molecule has 0 radical (unpaired) electrons. The fourth-order valence-corrected chi connectivity index (χ4v) is 3.07. The highest BCUT2D eigenvalue weighted by molar-refractivity contribution is 6.09. The van der Waals surface area contributed by atoms with Crippen molar-refractivity contribution in [2.24, 2.45) is 0 Å². The number of carboxylic acid groups (broad SMARTS) is 1. The number of rotatable bonds is 5. The minimum absolute atomic E-state index is 0.0931. The second kappa shape index (κ2) is 5.24. The van der Waals surface area contributed by atoms with E-state index in [0.29, 0.717) is 24.2 Å². The highest BCUT2D eigenvalue weighted by Gasteiger charge is 2.34. The van der Waals surface area contributed by atoms with Crippen LogP contribution in [-0.4, -0.2) is 21.4 Å². The molecule has 5 heteroatoms. The van der Waals surface area contributed by atoms with E-state index in [4.69, 9.17) is 4.42 Å². The molecule has 1 unspecified atom stereocenters. The molecule has 0 aliphatic carbocycles. The summed E-state index contributed by atoms with van der Waals surface area (Å²) in [5, 5.41) is 9.30. The standard InChI is InChI=1S/C16H17NO4/c1-2-3-10-8-13-12(16(19)20)4-6-17(13)14(10)15(18)11-5-7-21-9-11/h5,7-9,12H,2-4,6H2,1H3,(H,19,20). The molecule has 0 saturated carbocycles. The maximum atomic E-state index is 12.7. The topological polar surface area (TPSA) is 72.4 Å². The summed E-state index contributed by atoms with van der Waals surface area (Å²) >= 11 is 0. The molecular formula is C16H17NO4. The lowest BCUT2D eigenvalue weighted by Crippen LogP contribution is -2.11. The highest BCUT2D eigenvalue weighted by Crippen LogP contribution is 2.34. The van der Waals surface area contributed by atoms with Gasteiger partial charge in [-0.3, -0.25) is 9.59 Å². The molecule has 0 amide bonds. The van der Waals surface area contributed by atoms with Crippen molar-refractivity contribution in [2.75, 3.05) is 0 Å². The monoisotopic (exact) mass is 287 g/mol. The third-order valence-electron chi connectivity index (χ3n) is 4.02. The molecule has 0 bridgehead atoms. The van der Waals surface area contributed by atoms with E-state index in [-0.39, 0.29) is 5.78 Å². The van der Waals surface area contributed by atoms with Gasteiger partial charge in [0.05, 0.1) is 23.4 Å². The summed E-state index contributed by atoms with van der Waals surface area (Å²) in [5.74, 6) is -1.42. The summed E-state index contributed by atoms with van der Waals surface area (Å²) in [4.78, 5) is 24.0. The van der Waals surface area contributed by atoms with Crippen LogP contribution < -0.4 is 0 Å². The van der Waals surface area contributed by atoms with Crippen molar-refractivity contribution in [3.8, 4) is 0 Å². The Morgan fingerprint density at radius 2 is 2.29 bits per heavy atom. The summed E-state index contributed by atoms with van der Waals surface area (Å²) in [7, 11) is 0. The minimum atomic E-state index is -0.823. The Hall–Kier alpha value is -2.30. The van der Waals surface area contributed by atoms with Crippen LogP contribution in [0.1, 0.15) is 53.0 Å². The number of carboxylic acids is 1. The molecule has 0 spiro atoms. The van der Waals surface area contributed by atoms with Crippen molar-refractivity contribution in [3.63, 3.8) is 0 Å². The Labute approximate surface area is 122 Å². The Morgan fingerprint density at radius 3 is 2.90 bits per heavy atom. The number of furan rings is 1. The van der Waals surface area contributed by atoms with E-state index >= 15 is 0 Å². The van der Waals surface area contributed by atoms with Crippen LogP contribution in [0.5, 0.6) is 0 Å². The predicted octanol–water partition coefficient (Wildman–Crippen LogP) is 2.84. The predicted molar refractivity (Wildman–Crippen MR) is 75.6 cm³/mol.